The van der Waals surface area contributed by atoms with Gasteiger partial charge in [0.15, 0.2) is 5.82 Å². The number of rotatable bonds is 6. The molecule has 0 aromatic carbocycles. The maximum atomic E-state index is 13.4. The van der Waals surface area contributed by atoms with Gasteiger partial charge in [-0.1, -0.05) is 0 Å². The summed E-state index contributed by atoms with van der Waals surface area (Å²) in [4.78, 5) is 24.9. The molecular weight excluding hydrogens is 420 g/mol. The van der Waals surface area contributed by atoms with E-state index in [0.717, 1.165) is 32.1 Å². The molecule has 9 heteroatoms. The molecule has 4 bridgehead atoms. The maximum absolute atomic E-state index is 13.4. The minimum Gasteiger partial charge on any atom is -0.390 e. The SMILES string of the molecule is CC(=O)NC(C)(C)C=Cn1ncc(C(=O)NC2C3CC4CC2CC(O)(C4)C3)c1-n1cccn1. The summed E-state index contributed by atoms with van der Waals surface area (Å²) in [6.45, 7) is 5.25. The van der Waals surface area contributed by atoms with Gasteiger partial charge >= 0.3 is 0 Å². The van der Waals surface area contributed by atoms with Crippen LogP contribution in [0.25, 0.3) is 12.0 Å². The van der Waals surface area contributed by atoms with Crippen LogP contribution in [0.15, 0.2) is 30.7 Å². The van der Waals surface area contributed by atoms with E-state index >= 15 is 0 Å². The highest BCUT2D eigenvalue weighted by Crippen LogP contribution is 2.55. The van der Waals surface area contributed by atoms with Gasteiger partial charge in [-0.25, -0.2) is 9.36 Å². The van der Waals surface area contributed by atoms with Crippen LogP contribution < -0.4 is 10.6 Å². The van der Waals surface area contributed by atoms with Crippen molar-refractivity contribution in [3.8, 4) is 5.82 Å². The van der Waals surface area contributed by atoms with Gasteiger partial charge in [-0.05, 0) is 75.8 Å². The van der Waals surface area contributed by atoms with Crippen molar-refractivity contribution >= 4 is 18.0 Å². The molecule has 2 aromatic heterocycles. The zero-order chi connectivity index (χ0) is 23.4. The molecule has 4 fully saturated rings. The number of hydrogen-bond acceptors (Lipinski definition) is 5. The Hall–Kier alpha value is -2.94. The standard InChI is InChI=1S/C24H32N6O3/c1-15(31)28-23(2,3)5-8-30-22(29-7-4-6-25-29)19(14-26-30)21(32)27-20-17-9-16-10-18(20)13-24(33,11-16)12-17/h4-8,14,16-18,20,33H,9-13H2,1-3H3,(H,27,32)(H,28,31). The van der Waals surface area contributed by atoms with Gasteiger partial charge in [0.05, 0.1) is 17.3 Å². The zero-order valence-electron chi connectivity index (χ0n) is 19.4. The molecule has 2 heterocycles. The highest BCUT2D eigenvalue weighted by atomic mass is 16.3. The summed E-state index contributed by atoms with van der Waals surface area (Å²) in [6.07, 6.45) is 13.2. The summed E-state index contributed by atoms with van der Waals surface area (Å²) in [6, 6.07) is 1.88. The lowest BCUT2D eigenvalue weighted by atomic mass is 9.52. The number of aliphatic hydroxyl groups is 1. The average molecular weight is 453 g/mol. The molecule has 9 nitrogen and oxygen atoms in total. The van der Waals surface area contributed by atoms with Crippen LogP contribution in [0.1, 0.15) is 63.2 Å². The molecule has 0 saturated heterocycles. The van der Waals surface area contributed by atoms with Crippen molar-refractivity contribution in [1.29, 1.82) is 0 Å². The summed E-state index contributed by atoms with van der Waals surface area (Å²) >= 11 is 0. The Bertz CT molecular complexity index is 1070. The van der Waals surface area contributed by atoms with Crippen molar-refractivity contribution in [2.45, 2.75) is 70.1 Å². The van der Waals surface area contributed by atoms with Crippen LogP contribution in [0.5, 0.6) is 0 Å². The first-order valence-corrected chi connectivity index (χ1v) is 11.7. The van der Waals surface area contributed by atoms with Crippen LogP contribution in [-0.4, -0.2) is 53.7 Å². The smallest absolute Gasteiger partial charge is 0.257 e. The quantitative estimate of drug-likeness (QED) is 0.621. The largest absolute Gasteiger partial charge is 0.390 e. The fourth-order valence-electron chi connectivity index (χ4n) is 6.45. The molecule has 2 aromatic rings. The van der Waals surface area contributed by atoms with E-state index in [2.05, 4.69) is 20.8 Å². The minimum atomic E-state index is -0.581. The van der Waals surface area contributed by atoms with Crippen LogP contribution in [0.3, 0.4) is 0 Å². The Morgan fingerprint density at radius 2 is 1.94 bits per heavy atom. The van der Waals surface area contributed by atoms with Crippen molar-refractivity contribution in [3.05, 3.63) is 36.3 Å². The first-order valence-electron chi connectivity index (χ1n) is 11.7. The zero-order valence-corrected chi connectivity index (χ0v) is 19.4. The van der Waals surface area contributed by atoms with Crippen molar-refractivity contribution < 1.29 is 14.7 Å². The summed E-state index contributed by atoms with van der Waals surface area (Å²) in [5, 5.41) is 25.8. The Balaban J connectivity index is 1.40. The van der Waals surface area contributed by atoms with Gasteiger partial charge in [0.2, 0.25) is 5.91 Å². The second kappa shape index (κ2) is 7.83. The van der Waals surface area contributed by atoms with Crippen LogP contribution in [0.4, 0.5) is 0 Å². The number of hydrogen-bond donors (Lipinski definition) is 3. The van der Waals surface area contributed by atoms with Crippen molar-refractivity contribution in [1.82, 2.24) is 30.2 Å². The van der Waals surface area contributed by atoms with Crippen molar-refractivity contribution in [2.75, 3.05) is 0 Å². The van der Waals surface area contributed by atoms with E-state index in [9.17, 15) is 14.7 Å². The highest BCUT2D eigenvalue weighted by molar-refractivity contribution is 5.97. The molecule has 0 spiro atoms. The lowest BCUT2D eigenvalue weighted by molar-refractivity contribution is -0.136. The van der Waals surface area contributed by atoms with E-state index in [1.807, 2.05) is 19.9 Å². The summed E-state index contributed by atoms with van der Waals surface area (Å²) in [7, 11) is 0. The van der Waals surface area contributed by atoms with Crippen LogP contribution in [-0.2, 0) is 4.79 Å². The Morgan fingerprint density at radius 1 is 1.21 bits per heavy atom. The second-order valence-electron chi connectivity index (χ2n) is 10.7. The fourth-order valence-corrected chi connectivity index (χ4v) is 6.45. The molecule has 4 saturated carbocycles. The molecule has 3 N–H and O–H groups in total. The number of aromatic nitrogens is 4. The van der Waals surface area contributed by atoms with E-state index in [4.69, 9.17) is 0 Å². The Labute approximate surface area is 193 Å². The topological polar surface area (TPSA) is 114 Å². The molecule has 2 atom stereocenters. The first-order chi connectivity index (χ1) is 15.6. The number of nitrogens with zero attached hydrogens (tertiary/aromatic N) is 4. The molecule has 0 aliphatic heterocycles. The van der Waals surface area contributed by atoms with Gasteiger partial charge in [0.1, 0.15) is 5.56 Å². The van der Waals surface area contributed by atoms with E-state index in [-0.39, 0.29) is 17.9 Å². The van der Waals surface area contributed by atoms with Crippen LogP contribution in [0.2, 0.25) is 0 Å². The van der Waals surface area contributed by atoms with Crippen LogP contribution in [0, 0.1) is 17.8 Å². The monoisotopic (exact) mass is 452 g/mol. The van der Waals surface area contributed by atoms with E-state index < -0.39 is 11.1 Å². The third-order valence-electron chi connectivity index (χ3n) is 7.40. The van der Waals surface area contributed by atoms with E-state index in [1.54, 1.807) is 40.2 Å². The number of carbonyl (C=O) groups is 2. The number of amides is 2. The van der Waals surface area contributed by atoms with Gasteiger partial charge in [0, 0.05) is 31.6 Å². The molecular formula is C24H32N6O3. The lowest BCUT2D eigenvalue weighted by Crippen LogP contribution is -2.61. The minimum absolute atomic E-state index is 0.0809. The molecule has 33 heavy (non-hydrogen) atoms. The van der Waals surface area contributed by atoms with E-state index in [1.165, 1.54) is 6.92 Å². The van der Waals surface area contributed by atoms with Gasteiger partial charge in [-0.3, -0.25) is 9.59 Å². The van der Waals surface area contributed by atoms with Gasteiger partial charge < -0.3 is 15.7 Å². The molecule has 2 amide bonds. The molecule has 4 aliphatic carbocycles. The maximum Gasteiger partial charge on any atom is 0.257 e. The Kier molecular flexibility index (Phi) is 5.19. The molecule has 176 valence electrons. The lowest BCUT2D eigenvalue weighted by Gasteiger charge is -2.58. The summed E-state index contributed by atoms with van der Waals surface area (Å²) < 4.78 is 3.22. The predicted octanol–water partition coefficient (Wildman–Crippen LogP) is 2.12. The number of carbonyl (C=O) groups excluding carboxylic acids is 2. The predicted molar refractivity (Wildman–Crippen MR) is 122 cm³/mol. The fraction of sp³-hybridized carbons (Fsp3) is 0.583. The molecule has 2 unspecified atom stereocenters. The van der Waals surface area contributed by atoms with Gasteiger partial charge in [-0.15, -0.1) is 0 Å². The number of nitrogens with one attached hydrogen (secondary N) is 2. The van der Waals surface area contributed by atoms with Crippen molar-refractivity contribution in [2.24, 2.45) is 17.8 Å². The van der Waals surface area contributed by atoms with E-state index in [0.29, 0.717) is 29.1 Å². The molecule has 0 radical (unpaired) electrons. The van der Waals surface area contributed by atoms with Gasteiger partial charge in [-0.2, -0.15) is 10.2 Å². The first kappa shape index (κ1) is 21.9. The second-order valence-corrected chi connectivity index (χ2v) is 10.7. The molecule has 6 rings (SSSR count). The average Bonchev–Trinajstić information content (AvgIpc) is 3.36. The summed E-state index contributed by atoms with van der Waals surface area (Å²) in [5.74, 6) is 1.47. The normalized spacial score (nSPS) is 30.7. The summed E-state index contributed by atoms with van der Waals surface area (Å²) in [5.41, 5.74) is -0.676. The highest BCUT2D eigenvalue weighted by Gasteiger charge is 2.55. The van der Waals surface area contributed by atoms with Crippen LogP contribution >= 0.6 is 0 Å². The third kappa shape index (κ3) is 4.21. The van der Waals surface area contributed by atoms with Gasteiger partial charge in [0.25, 0.3) is 5.91 Å². The van der Waals surface area contributed by atoms with Crippen molar-refractivity contribution in [3.63, 3.8) is 0 Å². The molecule has 4 aliphatic rings. The Morgan fingerprint density at radius 3 is 2.55 bits per heavy atom. The third-order valence-corrected chi connectivity index (χ3v) is 7.40.